The van der Waals surface area contributed by atoms with Crippen LogP contribution in [0.5, 0.6) is 0 Å². The van der Waals surface area contributed by atoms with Gasteiger partial charge in [-0.25, -0.2) is 9.18 Å². The lowest BCUT2D eigenvalue weighted by atomic mass is 10.1. The molecular weight excluding hydrogens is 309 g/mol. The van der Waals surface area contributed by atoms with Crippen LogP contribution >= 0.6 is 0 Å². The maximum Gasteiger partial charge on any atom is 0.338 e. The van der Waals surface area contributed by atoms with Gasteiger partial charge >= 0.3 is 5.97 Å². The van der Waals surface area contributed by atoms with Crippen LogP contribution in [0.4, 0.5) is 10.1 Å². The zero-order chi connectivity index (χ0) is 17.5. The fraction of sp³-hybridized carbons (Fsp3) is 0.263. The van der Waals surface area contributed by atoms with E-state index < -0.39 is 5.97 Å². The van der Waals surface area contributed by atoms with Gasteiger partial charge in [-0.1, -0.05) is 18.2 Å². The van der Waals surface area contributed by atoms with E-state index in [1.165, 1.54) is 12.1 Å². The quantitative estimate of drug-likeness (QED) is 0.818. The summed E-state index contributed by atoms with van der Waals surface area (Å²) in [4.78, 5) is 23.9. The standard InChI is InChI=1S/C19H20FNO3/c1-3-24-19(23)15-8-4-13(2)17(12-15)21-18(22)11-7-14-5-9-16(20)10-6-14/h4-6,8-10,12H,3,7,11H2,1-2H3,(H,21,22). The molecule has 2 aromatic rings. The molecule has 0 atom stereocenters. The Labute approximate surface area is 140 Å². The average molecular weight is 329 g/mol. The fourth-order valence-electron chi connectivity index (χ4n) is 2.22. The summed E-state index contributed by atoms with van der Waals surface area (Å²) in [5.74, 6) is -0.877. The normalized spacial score (nSPS) is 10.3. The van der Waals surface area contributed by atoms with E-state index in [1.807, 2.05) is 6.92 Å². The average Bonchev–Trinajstić information content (AvgIpc) is 2.56. The van der Waals surface area contributed by atoms with Crippen molar-refractivity contribution in [3.8, 4) is 0 Å². The summed E-state index contributed by atoms with van der Waals surface area (Å²) in [7, 11) is 0. The van der Waals surface area contributed by atoms with E-state index in [-0.39, 0.29) is 18.1 Å². The summed E-state index contributed by atoms with van der Waals surface area (Å²) < 4.78 is 17.8. The molecule has 0 spiro atoms. The molecule has 2 aromatic carbocycles. The Bertz CT molecular complexity index is 726. The Balaban J connectivity index is 1.98. The Morgan fingerprint density at radius 2 is 1.83 bits per heavy atom. The molecule has 0 aliphatic rings. The summed E-state index contributed by atoms with van der Waals surface area (Å²) in [6.07, 6.45) is 0.789. The molecule has 0 bridgehead atoms. The number of carbonyl (C=O) groups is 2. The van der Waals surface area contributed by atoms with Crippen molar-refractivity contribution in [3.63, 3.8) is 0 Å². The predicted octanol–water partition coefficient (Wildman–Crippen LogP) is 3.88. The molecule has 0 radical (unpaired) electrons. The van der Waals surface area contributed by atoms with Crippen molar-refractivity contribution in [3.05, 3.63) is 65.0 Å². The molecule has 0 aromatic heterocycles. The molecule has 2 rings (SSSR count). The first-order valence-corrected chi connectivity index (χ1v) is 7.81. The van der Waals surface area contributed by atoms with Crippen molar-refractivity contribution < 1.29 is 18.7 Å². The third-order valence-corrected chi connectivity index (χ3v) is 3.58. The third-order valence-electron chi connectivity index (χ3n) is 3.58. The molecule has 0 saturated heterocycles. The van der Waals surface area contributed by atoms with Crippen molar-refractivity contribution in [2.75, 3.05) is 11.9 Å². The van der Waals surface area contributed by atoms with Crippen molar-refractivity contribution in [2.45, 2.75) is 26.7 Å². The van der Waals surface area contributed by atoms with Crippen molar-refractivity contribution in [1.82, 2.24) is 0 Å². The minimum absolute atomic E-state index is 0.163. The summed E-state index contributed by atoms with van der Waals surface area (Å²) in [6.45, 7) is 3.89. The van der Waals surface area contributed by atoms with Gasteiger partial charge in [-0.2, -0.15) is 0 Å². The van der Waals surface area contributed by atoms with Gasteiger partial charge in [-0.3, -0.25) is 4.79 Å². The SMILES string of the molecule is CCOC(=O)c1ccc(C)c(NC(=O)CCc2ccc(F)cc2)c1. The van der Waals surface area contributed by atoms with Crippen LogP contribution in [-0.4, -0.2) is 18.5 Å². The molecule has 0 heterocycles. The number of anilines is 1. The molecule has 126 valence electrons. The number of hydrogen-bond acceptors (Lipinski definition) is 3. The second-order valence-corrected chi connectivity index (χ2v) is 5.42. The molecule has 4 nitrogen and oxygen atoms in total. The maximum absolute atomic E-state index is 12.9. The van der Waals surface area contributed by atoms with Crippen molar-refractivity contribution >= 4 is 17.6 Å². The minimum atomic E-state index is -0.417. The van der Waals surface area contributed by atoms with E-state index in [4.69, 9.17) is 4.74 Å². The zero-order valence-corrected chi connectivity index (χ0v) is 13.8. The molecule has 0 unspecified atom stereocenters. The van der Waals surface area contributed by atoms with Gasteiger partial charge in [0.25, 0.3) is 0 Å². The second kappa shape index (κ2) is 8.24. The van der Waals surface area contributed by atoms with E-state index in [2.05, 4.69) is 5.32 Å². The van der Waals surface area contributed by atoms with E-state index >= 15 is 0 Å². The fourth-order valence-corrected chi connectivity index (χ4v) is 2.22. The summed E-state index contributed by atoms with van der Waals surface area (Å²) in [6, 6.07) is 11.1. The molecule has 0 fully saturated rings. The van der Waals surface area contributed by atoms with Gasteiger partial charge < -0.3 is 10.1 Å². The third kappa shape index (κ3) is 4.91. The van der Waals surface area contributed by atoms with E-state index in [9.17, 15) is 14.0 Å². The summed E-state index contributed by atoms with van der Waals surface area (Å²) in [5, 5.41) is 2.81. The van der Waals surface area contributed by atoms with Crippen molar-refractivity contribution in [2.24, 2.45) is 0 Å². The molecule has 1 N–H and O–H groups in total. The molecule has 0 aliphatic heterocycles. The Morgan fingerprint density at radius 3 is 2.50 bits per heavy atom. The van der Waals surface area contributed by atoms with Crippen LogP contribution in [0.1, 0.15) is 34.8 Å². The highest BCUT2D eigenvalue weighted by atomic mass is 19.1. The summed E-state index contributed by atoms with van der Waals surface area (Å²) >= 11 is 0. The van der Waals surface area contributed by atoms with Crippen LogP contribution in [0, 0.1) is 12.7 Å². The first-order valence-electron chi connectivity index (χ1n) is 7.81. The Kier molecular flexibility index (Phi) is 6.07. The number of benzene rings is 2. The van der Waals surface area contributed by atoms with Gasteiger partial charge in [-0.15, -0.1) is 0 Å². The van der Waals surface area contributed by atoms with Crippen LogP contribution in [0.25, 0.3) is 0 Å². The highest BCUT2D eigenvalue weighted by Crippen LogP contribution is 2.18. The first kappa shape index (κ1) is 17.7. The van der Waals surface area contributed by atoms with Crippen molar-refractivity contribution in [1.29, 1.82) is 0 Å². The number of amides is 1. The number of hydrogen-bond donors (Lipinski definition) is 1. The smallest absolute Gasteiger partial charge is 0.338 e. The number of rotatable bonds is 6. The first-order chi connectivity index (χ1) is 11.5. The van der Waals surface area contributed by atoms with Crippen LogP contribution in [0.3, 0.4) is 0 Å². The lowest BCUT2D eigenvalue weighted by Gasteiger charge is -2.10. The van der Waals surface area contributed by atoms with Gasteiger partial charge in [0.05, 0.1) is 12.2 Å². The van der Waals surface area contributed by atoms with Gasteiger partial charge in [0, 0.05) is 12.1 Å². The predicted molar refractivity (Wildman–Crippen MR) is 90.5 cm³/mol. The number of aryl methyl sites for hydroxylation is 2. The number of carbonyl (C=O) groups excluding carboxylic acids is 2. The number of nitrogens with one attached hydrogen (secondary N) is 1. The molecule has 24 heavy (non-hydrogen) atoms. The van der Waals surface area contributed by atoms with E-state index in [1.54, 1.807) is 37.3 Å². The lowest BCUT2D eigenvalue weighted by molar-refractivity contribution is -0.116. The number of esters is 1. The monoisotopic (exact) mass is 329 g/mol. The van der Waals surface area contributed by atoms with Gasteiger partial charge in [-0.05, 0) is 55.7 Å². The van der Waals surface area contributed by atoms with Gasteiger partial charge in [0.1, 0.15) is 5.82 Å². The highest BCUT2D eigenvalue weighted by molar-refractivity contribution is 5.95. The number of ether oxygens (including phenoxy) is 1. The van der Waals surface area contributed by atoms with Crippen LogP contribution in [-0.2, 0) is 16.0 Å². The Hall–Kier alpha value is -2.69. The Morgan fingerprint density at radius 1 is 1.12 bits per heavy atom. The maximum atomic E-state index is 12.9. The lowest BCUT2D eigenvalue weighted by Crippen LogP contribution is -2.14. The van der Waals surface area contributed by atoms with Crippen LogP contribution in [0.2, 0.25) is 0 Å². The van der Waals surface area contributed by atoms with Crippen LogP contribution in [0.15, 0.2) is 42.5 Å². The minimum Gasteiger partial charge on any atom is -0.462 e. The zero-order valence-electron chi connectivity index (χ0n) is 13.8. The molecule has 0 aliphatic carbocycles. The topological polar surface area (TPSA) is 55.4 Å². The summed E-state index contributed by atoms with van der Waals surface area (Å²) in [5.41, 5.74) is 2.74. The van der Waals surface area contributed by atoms with Gasteiger partial charge in [0.15, 0.2) is 0 Å². The molecular formula is C19H20FNO3. The van der Waals surface area contributed by atoms with E-state index in [0.29, 0.717) is 24.3 Å². The molecule has 1 amide bonds. The second-order valence-electron chi connectivity index (χ2n) is 5.42. The molecule has 5 heteroatoms. The number of halogens is 1. The van der Waals surface area contributed by atoms with Crippen LogP contribution < -0.4 is 5.32 Å². The highest BCUT2D eigenvalue weighted by Gasteiger charge is 2.11. The van der Waals surface area contributed by atoms with E-state index in [0.717, 1.165) is 11.1 Å². The largest absolute Gasteiger partial charge is 0.462 e. The molecule has 0 saturated carbocycles. The van der Waals surface area contributed by atoms with Gasteiger partial charge in [0.2, 0.25) is 5.91 Å².